The fraction of sp³-hybridized carbons (Fsp3) is 0.667. The number of unbranched alkanes of at least 4 members (excludes halogenated alkanes) is 11. The summed E-state index contributed by atoms with van der Waals surface area (Å²) in [5, 5.41) is 28.5. The lowest BCUT2D eigenvalue weighted by atomic mass is 10.0. The van der Waals surface area contributed by atoms with Gasteiger partial charge in [-0.15, -0.1) is 0 Å². The summed E-state index contributed by atoms with van der Waals surface area (Å²) < 4.78 is 0. The van der Waals surface area contributed by atoms with E-state index in [1.165, 1.54) is 70.3 Å². The van der Waals surface area contributed by atoms with Crippen LogP contribution in [-0.2, 0) is 6.42 Å². The molecule has 4 nitrogen and oxygen atoms in total. The molecule has 0 aliphatic heterocycles. The van der Waals surface area contributed by atoms with E-state index in [1.807, 2.05) is 0 Å². The Labute approximate surface area is 151 Å². The van der Waals surface area contributed by atoms with Crippen LogP contribution in [0.4, 0.5) is 0 Å². The Balaban J connectivity index is 2.09. The number of hydrogen-bond acceptors (Lipinski definition) is 3. The predicted octanol–water partition coefficient (Wildman–Crippen LogP) is 6.04. The maximum atomic E-state index is 10.9. The Bertz CT molecular complexity index is 511. The van der Waals surface area contributed by atoms with Gasteiger partial charge in [-0.05, 0) is 24.5 Å². The van der Waals surface area contributed by atoms with Gasteiger partial charge in [0.1, 0.15) is 5.56 Å². The Kier molecular flexibility index (Phi) is 10.8. The lowest BCUT2D eigenvalue weighted by Gasteiger charge is -2.08. The molecule has 0 bridgehead atoms. The Morgan fingerprint density at radius 2 is 1.24 bits per heavy atom. The van der Waals surface area contributed by atoms with Gasteiger partial charge < -0.3 is 15.3 Å². The number of aryl methyl sites for hydroxylation is 1. The number of carboxylic acid groups (broad SMARTS) is 1. The Morgan fingerprint density at radius 3 is 1.72 bits per heavy atom. The van der Waals surface area contributed by atoms with E-state index in [1.54, 1.807) is 6.07 Å². The first kappa shape index (κ1) is 21.3. The lowest BCUT2D eigenvalue weighted by Crippen LogP contribution is -1.98. The largest absolute Gasteiger partial charge is 0.504 e. The first-order chi connectivity index (χ1) is 12.1. The standard InChI is InChI=1S/C21H34O4/c1-2-3-4-5-6-7-8-9-10-11-12-13-14-17-15-16-18(21(24)25)20(23)19(17)22/h15-16,22-23H,2-14H2,1H3,(H,24,25). The van der Waals surface area contributed by atoms with E-state index < -0.39 is 11.7 Å². The molecule has 0 fully saturated rings. The highest BCUT2D eigenvalue weighted by atomic mass is 16.4. The highest BCUT2D eigenvalue weighted by Crippen LogP contribution is 2.33. The quantitative estimate of drug-likeness (QED) is 0.282. The van der Waals surface area contributed by atoms with Crippen LogP contribution in [0.3, 0.4) is 0 Å². The molecule has 3 N–H and O–H groups in total. The smallest absolute Gasteiger partial charge is 0.339 e. The molecule has 1 aromatic rings. The third kappa shape index (κ3) is 8.28. The van der Waals surface area contributed by atoms with Crippen molar-refractivity contribution in [3.8, 4) is 11.5 Å². The highest BCUT2D eigenvalue weighted by molar-refractivity contribution is 5.92. The predicted molar refractivity (Wildman–Crippen MR) is 102 cm³/mol. The van der Waals surface area contributed by atoms with Crippen molar-refractivity contribution >= 4 is 5.97 Å². The average Bonchev–Trinajstić information content (AvgIpc) is 2.59. The second kappa shape index (κ2) is 12.6. The first-order valence-electron chi connectivity index (χ1n) is 9.85. The summed E-state index contributed by atoms with van der Waals surface area (Å²) in [6.07, 6.45) is 15.9. The number of rotatable bonds is 14. The monoisotopic (exact) mass is 350 g/mol. The molecule has 0 atom stereocenters. The van der Waals surface area contributed by atoms with Crippen molar-refractivity contribution < 1.29 is 20.1 Å². The molecule has 0 amide bonds. The van der Waals surface area contributed by atoms with Crippen molar-refractivity contribution in [2.45, 2.75) is 90.4 Å². The van der Waals surface area contributed by atoms with Gasteiger partial charge in [-0.1, -0.05) is 83.6 Å². The van der Waals surface area contributed by atoms with Crippen LogP contribution in [0.1, 0.15) is 99.9 Å². The van der Waals surface area contributed by atoms with E-state index in [-0.39, 0.29) is 11.3 Å². The summed E-state index contributed by atoms with van der Waals surface area (Å²) in [6.45, 7) is 2.25. The second-order valence-corrected chi connectivity index (χ2v) is 6.91. The van der Waals surface area contributed by atoms with Crippen LogP contribution in [0.2, 0.25) is 0 Å². The fourth-order valence-electron chi connectivity index (χ4n) is 3.15. The van der Waals surface area contributed by atoms with Crippen LogP contribution in [-0.4, -0.2) is 21.3 Å². The summed E-state index contributed by atoms with van der Waals surface area (Å²) in [5.41, 5.74) is 0.366. The van der Waals surface area contributed by atoms with Crippen LogP contribution in [0.5, 0.6) is 11.5 Å². The van der Waals surface area contributed by atoms with Gasteiger partial charge in [-0.3, -0.25) is 0 Å². The van der Waals surface area contributed by atoms with Crippen LogP contribution in [0.15, 0.2) is 12.1 Å². The number of aromatic hydroxyl groups is 2. The molecule has 0 aliphatic carbocycles. The molecule has 4 heteroatoms. The van der Waals surface area contributed by atoms with Crippen molar-refractivity contribution in [3.63, 3.8) is 0 Å². The van der Waals surface area contributed by atoms with Gasteiger partial charge in [0, 0.05) is 0 Å². The topological polar surface area (TPSA) is 77.8 Å². The van der Waals surface area contributed by atoms with Crippen molar-refractivity contribution in [1.29, 1.82) is 0 Å². The molecule has 142 valence electrons. The molecule has 0 unspecified atom stereocenters. The molecule has 0 aliphatic rings. The Hall–Kier alpha value is -1.71. The average molecular weight is 350 g/mol. The minimum atomic E-state index is -1.23. The highest BCUT2D eigenvalue weighted by Gasteiger charge is 2.16. The molecular formula is C21H34O4. The molecule has 0 heterocycles. The number of phenolic OH excluding ortho intramolecular Hbond substituents is 1. The van der Waals surface area contributed by atoms with E-state index in [9.17, 15) is 15.0 Å². The van der Waals surface area contributed by atoms with Crippen molar-refractivity contribution in [2.24, 2.45) is 0 Å². The molecule has 0 saturated carbocycles. The van der Waals surface area contributed by atoms with E-state index in [2.05, 4.69) is 6.92 Å². The van der Waals surface area contributed by atoms with Crippen molar-refractivity contribution in [3.05, 3.63) is 23.3 Å². The summed E-state index contributed by atoms with van der Waals surface area (Å²) in [6, 6.07) is 2.95. The lowest BCUT2D eigenvalue weighted by molar-refractivity contribution is 0.0693. The second-order valence-electron chi connectivity index (χ2n) is 6.91. The number of carboxylic acids is 1. The molecule has 0 radical (unpaired) electrons. The van der Waals surface area contributed by atoms with Crippen LogP contribution in [0, 0.1) is 0 Å². The third-order valence-electron chi connectivity index (χ3n) is 4.76. The number of benzene rings is 1. The third-order valence-corrected chi connectivity index (χ3v) is 4.76. The normalized spacial score (nSPS) is 10.9. The van der Waals surface area contributed by atoms with E-state index in [4.69, 9.17) is 5.11 Å². The zero-order valence-electron chi connectivity index (χ0n) is 15.6. The molecule has 1 aromatic carbocycles. The first-order valence-corrected chi connectivity index (χ1v) is 9.85. The molecule has 25 heavy (non-hydrogen) atoms. The minimum absolute atomic E-state index is 0.254. The zero-order valence-corrected chi connectivity index (χ0v) is 15.6. The number of phenols is 2. The van der Waals surface area contributed by atoms with Gasteiger partial charge in [0.05, 0.1) is 0 Å². The van der Waals surface area contributed by atoms with Gasteiger partial charge in [0.2, 0.25) is 0 Å². The van der Waals surface area contributed by atoms with E-state index in [0.29, 0.717) is 12.0 Å². The van der Waals surface area contributed by atoms with Crippen LogP contribution >= 0.6 is 0 Å². The van der Waals surface area contributed by atoms with Crippen LogP contribution < -0.4 is 0 Å². The zero-order chi connectivity index (χ0) is 18.5. The Morgan fingerprint density at radius 1 is 0.760 bits per heavy atom. The number of hydrogen-bond donors (Lipinski definition) is 3. The molecule has 1 rings (SSSR count). The van der Waals surface area contributed by atoms with Gasteiger partial charge >= 0.3 is 5.97 Å². The van der Waals surface area contributed by atoms with E-state index >= 15 is 0 Å². The van der Waals surface area contributed by atoms with Crippen molar-refractivity contribution in [1.82, 2.24) is 0 Å². The summed E-state index contributed by atoms with van der Waals surface area (Å²) in [5.74, 6) is -2.04. The SMILES string of the molecule is CCCCCCCCCCCCCCc1ccc(C(=O)O)c(O)c1O. The molecular weight excluding hydrogens is 316 g/mol. The minimum Gasteiger partial charge on any atom is -0.504 e. The van der Waals surface area contributed by atoms with Gasteiger partial charge in [0.25, 0.3) is 0 Å². The maximum absolute atomic E-state index is 10.9. The van der Waals surface area contributed by atoms with Gasteiger partial charge in [-0.25, -0.2) is 4.79 Å². The summed E-state index contributed by atoms with van der Waals surface area (Å²) >= 11 is 0. The molecule has 0 spiro atoms. The number of aromatic carboxylic acids is 1. The van der Waals surface area contributed by atoms with Crippen molar-refractivity contribution in [2.75, 3.05) is 0 Å². The maximum Gasteiger partial charge on any atom is 0.339 e. The van der Waals surface area contributed by atoms with E-state index in [0.717, 1.165) is 12.8 Å². The number of carbonyl (C=O) groups is 1. The summed E-state index contributed by atoms with van der Waals surface area (Å²) in [4.78, 5) is 10.9. The van der Waals surface area contributed by atoms with Gasteiger partial charge in [-0.2, -0.15) is 0 Å². The molecule has 0 saturated heterocycles. The summed E-state index contributed by atoms with van der Waals surface area (Å²) in [7, 11) is 0. The fourth-order valence-corrected chi connectivity index (χ4v) is 3.15. The van der Waals surface area contributed by atoms with Crippen LogP contribution in [0.25, 0.3) is 0 Å². The van der Waals surface area contributed by atoms with Gasteiger partial charge in [0.15, 0.2) is 11.5 Å². The molecule has 0 aromatic heterocycles.